The zero-order valence-electron chi connectivity index (χ0n) is 16.8. The third-order valence-corrected chi connectivity index (χ3v) is 4.50. The van der Waals surface area contributed by atoms with Gasteiger partial charge in [-0.15, -0.1) is 0 Å². The van der Waals surface area contributed by atoms with Crippen LogP contribution < -0.4 is 16.0 Å². The molecule has 28 heavy (non-hydrogen) atoms. The van der Waals surface area contributed by atoms with Crippen LogP contribution in [0.5, 0.6) is 0 Å². The number of amides is 1. The molecule has 0 aliphatic heterocycles. The first-order valence-corrected chi connectivity index (χ1v) is 9.81. The second-order valence-electron chi connectivity index (χ2n) is 6.71. The average molecular weight is 406 g/mol. The van der Waals surface area contributed by atoms with Crippen molar-refractivity contribution in [2.75, 3.05) is 18.4 Å². The number of carbonyl (C=O) groups excluding carboxylic acids is 1. The molecule has 0 unspecified atom stereocenters. The summed E-state index contributed by atoms with van der Waals surface area (Å²) in [7, 11) is 0. The zero-order chi connectivity index (χ0) is 20.5. The SMILES string of the molecule is CCNC(=NCc1cc(C(C)C)no1)NCCC(=O)Nc1cccc(Cl)c1C. The number of hydrogen-bond acceptors (Lipinski definition) is 4. The van der Waals surface area contributed by atoms with Gasteiger partial charge in [-0.1, -0.05) is 36.7 Å². The van der Waals surface area contributed by atoms with Crippen molar-refractivity contribution >= 4 is 29.2 Å². The maximum Gasteiger partial charge on any atom is 0.226 e. The first-order valence-electron chi connectivity index (χ1n) is 9.43. The molecule has 0 saturated carbocycles. The van der Waals surface area contributed by atoms with Gasteiger partial charge in [-0.25, -0.2) is 4.99 Å². The fourth-order valence-electron chi connectivity index (χ4n) is 2.42. The molecule has 0 bridgehead atoms. The number of rotatable bonds is 8. The van der Waals surface area contributed by atoms with Crippen LogP contribution in [-0.4, -0.2) is 30.1 Å². The van der Waals surface area contributed by atoms with E-state index < -0.39 is 0 Å². The van der Waals surface area contributed by atoms with E-state index in [1.54, 1.807) is 6.07 Å². The number of guanidine groups is 1. The van der Waals surface area contributed by atoms with Crippen LogP contribution in [-0.2, 0) is 11.3 Å². The Bertz CT molecular complexity index is 817. The van der Waals surface area contributed by atoms with Crippen LogP contribution in [0.2, 0.25) is 5.02 Å². The average Bonchev–Trinajstić information content (AvgIpc) is 3.13. The Morgan fingerprint density at radius 3 is 2.79 bits per heavy atom. The third kappa shape index (κ3) is 6.56. The van der Waals surface area contributed by atoms with Gasteiger partial charge in [0.25, 0.3) is 0 Å². The van der Waals surface area contributed by atoms with Crippen LogP contribution in [0.3, 0.4) is 0 Å². The van der Waals surface area contributed by atoms with E-state index in [1.807, 2.05) is 32.0 Å². The molecule has 0 aliphatic carbocycles. The van der Waals surface area contributed by atoms with E-state index in [4.69, 9.17) is 16.1 Å². The highest BCUT2D eigenvalue weighted by atomic mass is 35.5. The number of nitrogens with zero attached hydrogens (tertiary/aromatic N) is 2. The number of nitrogens with one attached hydrogen (secondary N) is 3. The fraction of sp³-hybridized carbons (Fsp3) is 0.450. The molecule has 7 nitrogen and oxygen atoms in total. The van der Waals surface area contributed by atoms with E-state index in [0.717, 1.165) is 16.9 Å². The van der Waals surface area contributed by atoms with Gasteiger partial charge in [0.1, 0.15) is 6.54 Å². The highest BCUT2D eigenvalue weighted by Gasteiger charge is 2.09. The lowest BCUT2D eigenvalue weighted by molar-refractivity contribution is -0.116. The molecule has 2 rings (SSSR count). The normalized spacial score (nSPS) is 11.6. The molecule has 0 saturated heterocycles. The van der Waals surface area contributed by atoms with Crippen LogP contribution in [0.1, 0.15) is 50.1 Å². The van der Waals surface area contributed by atoms with Crippen LogP contribution >= 0.6 is 11.6 Å². The Hall–Kier alpha value is -2.54. The van der Waals surface area contributed by atoms with Crippen molar-refractivity contribution in [2.45, 2.75) is 46.6 Å². The van der Waals surface area contributed by atoms with E-state index in [-0.39, 0.29) is 5.91 Å². The van der Waals surface area contributed by atoms with Crippen LogP contribution in [0.25, 0.3) is 0 Å². The minimum atomic E-state index is -0.0921. The molecule has 0 spiro atoms. The van der Waals surface area contributed by atoms with Gasteiger partial charge in [-0.2, -0.15) is 0 Å². The Labute approximate surface area is 170 Å². The number of anilines is 1. The Balaban J connectivity index is 1.84. The largest absolute Gasteiger partial charge is 0.359 e. The Morgan fingerprint density at radius 2 is 2.11 bits per heavy atom. The van der Waals surface area contributed by atoms with Gasteiger partial charge in [-0.3, -0.25) is 4.79 Å². The number of carbonyl (C=O) groups is 1. The van der Waals surface area contributed by atoms with Crippen molar-refractivity contribution in [3.8, 4) is 0 Å². The van der Waals surface area contributed by atoms with E-state index >= 15 is 0 Å². The molecular weight excluding hydrogens is 378 g/mol. The molecule has 1 amide bonds. The molecule has 0 fully saturated rings. The summed E-state index contributed by atoms with van der Waals surface area (Å²) in [4.78, 5) is 16.7. The lowest BCUT2D eigenvalue weighted by Crippen LogP contribution is -2.38. The summed E-state index contributed by atoms with van der Waals surface area (Å²) in [5, 5.41) is 13.8. The number of aromatic nitrogens is 1. The second kappa shape index (κ2) is 10.7. The molecule has 8 heteroatoms. The maximum atomic E-state index is 12.2. The third-order valence-electron chi connectivity index (χ3n) is 4.09. The molecule has 2 aromatic rings. The summed E-state index contributed by atoms with van der Waals surface area (Å²) in [6.45, 7) is 9.53. The molecule has 1 aromatic carbocycles. The number of hydrogen-bond donors (Lipinski definition) is 3. The van der Waals surface area contributed by atoms with Gasteiger partial charge >= 0.3 is 0 Å². The molecule has 1 heterocycles. The van der Waals surface area contributed by atoms with Crippen molar-refractivity contribution < 1.29 is 9.32 Å². The van der Waals surface area contributed by atoms with Gasteiger partial charge in [0, 0.05) is 36.3 Å². The smallest absolute Gasteiger partial charge is 0.226 e. The van der Waals surface area contributed by atoms with Crippen molar-refractivity contribution in [3.63, 3.8) is 0 Å². The zero-order valence-corrected chi connectivity index (χ0v) is 17.6. The van der Waals surface area contributed by atoms with E-state index in [9.17, 15) is 4.79 Å². The van der Waals surface area contributed by atoms with Crippen molar-refractivity contribution in [2.24, 2.45) is 4.99 Å². The van der Waals surface area contributed by atoms with Crippen molar-refractivity contribution in [3.05, 3.63) is 46.3 Å². The van der Waals surface area contributed by atoms with E-state index in [2.05, 4.69) is 39.9 Å². The first-order chi connectivity index (χ1) is 13.4. The molecule has 152 valence electrons. The topological polar surface area (TPSA) is 91.6 Å². The molecular formula is C20H28ClN5O2. The lowest BCUT2D eigenvalue weighted by Gasteiger charge is -2.12. The highest BCUT2D eigenvalue weighted by molar-refractivity contribution is 6.31. The Morgan fingerprint density at radius 1 is 1.32 bits per heavy atom. The van der Waals surface area contributed by atoms with Gasteiger partial charge in [0.05, 0.1) is 5.69 Å². The monoisotopic (exact) mass is 405 g/mol. The lowest BCUT2D eigenvalue weighted by atomic mass is 10.1. The molecule has 0 atom stereocenters. The van der Waals surface area contributed by atoms with Crippen LogP contribution in [0.4, 0.5) is 5.69 Å². The molecule has 1 aromatic heterocycles. The van der Waals surface area contributed by atoms with E-state index in [1.165, 1.54) is 0 Å². The van der Waals surface area contributed by atoms with Crippen LogP contribution in [0, 0.1) is 6.92 Å². The summed E-state index contributed by atoms with van der Waals surface area (Å²) in [5.74, 6) is 1.55. The van der Waals surface area contributed by atoms with Gasteiger partial charge in [-0.05, 0) is 37.5 Å². The van der Waals surface area contributed by atoms with Crippen LogP contribution in [0.15, 0.2) is 33.8 Å². The Kier molecular flexibility index (Phi) is 8.32. The summed E-state index contributed by atoms with van der Waals surface area (Å²) in [6, 6.07) is 7.36. The minimum absolute atomic E-state index is 0.0921. The van der Waals surface area contributed by atoms with Gasteiger partial charge in [0.2, 0.25) is 5.91 Å². The van der Waals surface area contributed by atoms with Gasteiger partial charge < -0.3 is 20.5 Å². The standard InChI is InChI=1S/C20H28ClN5O2/c1-5-22-20(24-12-15-11-18(13(2)3)26-28-15)23-10-9-19(27)25-17-8-6-7-16(21)14(17)4/h6-8,11,13H,5,9-10,12H2,1-4H3,(H,25,27)(H2,22,23,24). The maximum absolute atomic E-state index is 12.2. The minimum Gasteiger partial charge on any atom is -0.359 e. The van der Waals surface area contributed by atoms with Crippen molar-refractivity contribution in [1.29, 1.82) is 0 Å². The van der Waals surface area contributed by atoms with Gasteiger partial charge in [0.15, 0.2) is 11.7 Å². The first kappa shape index (κ1) is 21.8. The molecule has 0 radical (unpaired) electrons. The number of benzene rings is 1. The summed E-state index contributed by atoms with van der Waals surface area (Å²) < 4.78 is 5.30. The second-order valence-corrected chi connectivity index (χ2v) is 7.11. The summed E-state index contributed by atoms with van der Waals surface area (Å²) in [6.07, 6.45) is 0.302. The summed E-state index contributed by atoms with van der Waals surface area (Å²) >= 11 is 6.08. The summed E-state index contributed by atoms with van der Waals surface area (Å²) in [5.41, 5.74) is 2.49. The number of halogens is 1. The predicted molar refractivity (Wildman–Crippen MR) is 113 cm³/mol. The number of aliphatic imine (C=N–C) groups is 1. The molecule has 0 aliphatic rings. The molecule has 3 N–H and O–H groups in total. The highest BCUT2D eigenvalue weighted by Crippen LogP contribution is 2.22. The van der Waals surface area contributed by atoms with Crippen molar-refractivity contribution in [1.82, 2.24) is 15.8 Å². The fourth-order valence-corrected chi connectivity index (χ4v) is 2.60. The quantitative estimate of drug-likeness (QED) is 0.458. The van der Waals surface area contributed by atoms with E-state index in [0.29, 0.717) is 48.7 Å². The predicted octanol–water partition coefficient (Wildman–Crippen LogP) is 3.84.